The van der Waals surface area contributed by atoms with Crippen LogP contribution in [0.25, 0.3) is 11.2 Å². The molecule has 1 fully saturated rings. The fourth-order valence-electron chi connectivity index (χ4n) is 2.57. The van der Waals surface area contributed by atoms with E-state index in [0.29, 0.717) is 11.2 Å². The Balaban J connectivity index is 2.19. The number of nitrogens with one attached hydrogen (secondary N) is 1. The fourth-order valence-corrected chi connectivity index (χ4v) is 2.77. The van der Waals surface area contributed by atoms with Gasteiger partial charge in [0.15, 0.2) is 10.4 Å². The van der Waals surface area contributed by atoms with E-state index in [1.165, 1.54) is 17.2 Å². The minimum atomic E-state index is -1.67. The first-order chi connectivity index (χ1) is 10.0. The molecule has 2 aromatic rings. The van der Waals surface area contributed by atoms with Crippen molar-refractivity contribution in [2.75, 3.05) is 13.2 Å². The van der Waals surface area contributed by atoms with Crippen LogP contribution in [0.2, 0.25) is 0 Å². The van der Waals surface area contributed by atoms with Crippen molar-refractivity contribution in [2.24, 2.45) is 0 Å². The van der Waals surface area contributed by atoms with Gasteiger partial charge in [0.2, 0.25) is 0 Å². The first-order valence-electron chi connectivity index (χ1n) is 6.22. The Labute approximate surface area is 123 Å². The number of imidazole rings is 1. The topological polar surface area (TPSA) is 137 Å². The van der Waals surface area contributed by atoms with Crippen LogP contribution in [-0.2, 0) is 10.5 Å². The van der Waals surface area contributed by atoms with Crippen molar-refractivity contribution in [1.82, 2.24) is 19.5 Å². The second kappa shape index (κ2) is 5.09. The highest BCUT2D eigenvalue weighted by atomic mass is 32.1. The van der Waals surface area contributed by atoms with Crippen molar-refractivity contribution in [1.29, 1.82) is 0 Å². The summed E-state index contributed by atoms with van der Waals surface area (Å²) in [5.74, 6) is 0. The minimum absolute atomic E-state index is 0.252. The number of fused-ring (bicyclic) bond motifs is 1. The highest BCUT2D eigenvalue weighted by molar-refractivity contribution is 7.71. The van der Waals surface area contributed by atoms with E-state index >= 15 is 0 Å². The van der Waals surface area contributed by atoms with E-state index in [0.717, 1.165) is 0 Å². The van der Waals surface area contributed by atoms with Gasteiger partial charge in [-0.1, -0.05) is 12.2 Å². The molecule has 0 saturated carbocycles. The second-order valence-corrected chi connectivity index (χ2v) is 5.18. The summed E-state index contributed by atoms with van der Waals surface area (Å²) in [5.41, 5.74) is -0.909. The lowest BCUT2D eigenvalue weighted by atomic mass is 10.0. The molecular formula is C11H14N4O5S. The molecule has 10 heteroatoms. The van der Waals surface area contributed by atoms with Crippen LogP contribution >= 0.6 is 12.2 Å². The SMILES string of the molecule is OC[C@H]1OC(CO)(n2cnc3c(=S)nc[nH]c32)[C@H](O)[C@@H]1O. The molecular weight excluding hydrogens is 300 g/mol. The van der Waals surface area contributed by atoms with Gasteiger partial charge in [-0.05, 0) is 0 Å². The molecule has 0 radical (unpaired) electrons. The summed E-state index contributed by atoms with van der Waals surface area (Å²) >= 11 is 5.05. The summed E-state index contributed by atoms with van der Waals surface area (Å²) in [6, 6.07) is 0. The van der Waals surface area contributed by atoms with Gasteiger partial charge in [-0.15, -0.1) is 0 Å². The fraction of sp³-hybridized carbons (Fsp3) is 0.545. The van der Waals surface area contributed by atoms with Gasteiger partial charge < -0.3 is 30.1 Å². The minimum Gasteiger partial charge on any atom is -0.394 e. The van der Waals surface area contributed by atoms with Gasteiger partial charge >= 0.3 is 0 Å². The molecule has 1 aliphatic heterocycles. The zero-order chi connectivity index (χ0) is 15.2. The lowest BCUT2D eigenvalue weighted by Crippen LogP contribution is -2.48. The van der Waals surface area contributed by atoms with E-state index in [-0.39, 0.29) is 4.64 Å². The van der Waals surface area contributed by atoms with Crippen molar-refractivity contribution in [3.05, 3.63) is 17.3 Å². The monoisotopic (exact) mass is 314 g/mol. The molecule has 0 bridgehead atoms. The smallest absolute Gasteiger partial charge is 0.199 e. The van der Waals surface area contributed by atoms with Gasteiger partial charge in [-0.25, -0.2) is 9.97 Å². The number of ether oxygens (including phenoxy) is 1. The van der Waals surface area contributed by atoms with E-state index in [2.05, 4.69) is 15.0 Å². The number of hydrogen-bond donors (Lipinski definition) is 5. The number of nitrogens with zero attached hydrogens (tertiary/aromatic N) is 3. The van der Waals surface area contributed by atoms with Crippen molar-refractivity contribution in [3.63, 3.8) is 0 Å². The van der Waals surface area contributed by atoms with Crippen LogP contribution in [-0.4, -0.2) is 71.5 Å². The molecule has 9 nitrogen and oxygen atoms in total. The molecule has 3 rings (SSSR count). The van der Waals surface area contributed by atoms with Crippen molar-refractivity contribution in [3.8, 4) is 0 Å². The van der Waals surface area contributed by atoms with Crippen LogP contribution in [0, 0.1) is 4.64 Å². The average Bonchev–Trinajstić information content (AvgIpc) is 3.03. The van der Waals surface area contributed by atoms with E-state index in [1.54, 1.807) is 0 Å². The standard InChI is InChI=1S/C11H14N4O5S/c16-1-5-7(18)8(19)11(2-17,20-5)15-4-14-6-9(15)12-3-13-10(6)21/h3-5,7-8,16-19H,1-2H2,(H,12,13,21)/t5-,7-,8-,11?/m1/s1. The molecule has 0 spiro atoms. The third-order valence-corrected chi connectivity index (χ3v) is 3.99. The first-order valence-corrected chi connectivity index (χ1v) is 6.63. The maximum absolute atomic E-state index is 10.3. The Morgan fingerprint density at radius 1 is 1.38 bits per heavy atom. The van der Waals surface area contributed by atoms with Crippen molar-refractivity contribution < 1.29 is 25.2 Å². The van der Waals surface area contributed by atoms with Gasteiger partial charge in [0.25, 0.3) is 0 Å². The zero-order valence-corrected chi connectivity index (χ0v) is 11.6. The molecule has 114 valence electrons. The second-order valence-electron chi connectivity index (χ2n) is 4.80. The van der Waals surface area contributed by atoms with Crippen LogP contribution in [0.15, 0.2) is 12.7 Å². The predicted octanol–water partition coefficient (Wildman–Crippen LogP) is -1.75. The van der Waals surface area contributed by atoms with Gasteiger partial charge in [0.05, 0.1) is 25.9 Å². The normalized spacial score (nSPS) is 32.9. The zero-order valence-electron chi connectivity index (χ0n) is 10.7. The van der Waals surface area contributed by atoms with E-state index in [9.17, 15) is 20.4 Å². The Morgan fingerprint density at radius 3 is 2.76 bits per heavy atom. The molecule has 1 aliphatic rings. The Hall–Kier alpha value is -1.43. The van der Waals surface area contributed by atoms with Crippen molar-refractivity contribution in [2.45, 2.75) is 24.0 Å². The highest BCUT2D eigenvalue weighted by Crippen LogP contribution is 2.36. The van der Waals surface area contributed by atoms with E-state index in [4.69, 9.17) is 17.0 Å². The largest absolute Gasteiger partial charge is 0.394 e. The number of aromatic nitrogens is 4. The molecule has 1 unspecified atom stereocenters. The summed E-state index contributed by atoms with van der Waals surface area (Å²) in [4.78, 5) is 10.8. The molecule has 4 atom stereocenters. The summed E-state index contributed by atoms with van der Waals surface area (Å²) in [5, 5.41) is 39.1. The third-order valence-electron chi connectivity index (χ3n) is 3.69. The van der Waals surface area contributed by atoms with Crippen LogP contribution in [0.4, 0.5) is 0 Å². The molecule has 21 heavy (non-hydrogen) atoms. The molecule has 0 aromatic carbocycles. The van der Waals surface area contributed by atoms with Gasteiger partial charge in [-0.3, -0.25) is 4.57 Å². The quantitative estimate of drug-likeness (QED) is 0.421. The summed E-state index contributed by atoms with van der Waals surface area (Å²) < 4.78 is 7.12. The maximum atomic E-state index is 10.3. The highest BCUT2D eigenvalue weighted by Gasteiger charge is 2.55. The van der Waals surface area contributed by atoms with Crippen LogP contribution in [0.5, 0.6) is 0 Å². The number of aliphatic hydroxyl groups is 4. The number of hydrogen-bond acceptors (Lipinski definition) is 8. The van der Waals surface area contributed by atoms with E-state index < -0.39 is 37.3 Å². The van der Waals surface area contributed by atoms with Gasteiger partial charge in [-0.2, -0.15) is 0 Å². The molecule has 3 heterocycles. The van der Waals surface area contributed by atoms with Crippen LogP contribution < -0.4 is 0 Å². The lowest BCUT2D eigenvalue weighted by Gasteiger charge is -2.31. The molecule has 0 aliphatic carbocycles. The Morgan fingerprint density at radius 2 is 2.14 bits per heavy atom. The number of rotatable bonds is 3. The first kappa shape index (κ1) is 14.5. The Kier molecular flexibility index (Phi) is 3.51. The maximum Gasteiger partial charge on any atom is 0.199 e. The number of aromatic amines is 1. The van der Waals surface area contributed by atoms with Crippen molar-refractivity contribution >= 4 is 23.4 Å². The third kappa shape index (κ3) is 1.92. The predicted molar refractivity (Wildman–Crippen MR) is 71.7 cm³/mol. The van der Waals surface area contributed by atoms with Gasteiger partial charge in [0.1, 0.15) is 29.5 Å². The van der Waals surface area contributed by atoms with Crippen LogP contribution in [0.3, 0.4) is 0 Å². The molecule has 0 amide bonds. The van der Waals surface area contributed by atoms with E-state index in [1.807, 2.05) is 0 Å². The number of aliphatic hydroxyl groups excluding tert-OH is 4. The van der Waals surface area contributed by atoms with Gasteiger partial charge in [0, 0.05) is 0 Å². The Bertz CT molecular complexity index is 718. The summed E-state index contributed by atoms with van der Waals surface area (Å²) in [7, 11) is 0. The van der Waals surface area contributed by atoms with Crippen LogP contribution in [0.1, 0.15) is 0 Å². The lowest BCUT2D eigenvalue weighted by molar-refractivity contribution is -0.169. The summed E-state index contributed by atoms with van der Waals surface area (Å²) in [6.07, 6.45) is -1.13. The summed E-state index contributed by atoms with van der Waals surface area (Å²) in [6.45, 7) is -1.12. The molecule has 2 aromatic heterocycles. The number of H-pyrrole nitrogens is 1. The molecule has 1 saturated heterocycles. The average molecular weight is 314 g/mol. The molecule has 5 N–H and O–H groups in total.